The average molecular weight is 739 g/mol. The highest BCUT2D eigenvalue weighted by Crippen LogP contribution is 2.37. The number of ether oxygens (including phenoxy) is 1. The number of hydrogen-bond donors (Lipinski definition) is 0. The zero-order valence-corrected chi connectivity index (χ0v) is 30.1. The zero-order valence-electron chi connectivity index (χ0n) is 30.1. The minimum absolute atomic E-state index is 0.0116. The van der Waals surface area contributed by atoms with Crippen molar-refractivity contribution < 1.29 is 27.1 Å². The molecule has 0 N–H and O–H groups in total. The Morgan fingerprint density at radius 3 is 2.65 bits per heavy atom. The van der Waals surface area contributed by atoms with Crippen LogP contribution in [0.15, 0.2) is 48.8 Å². The average Bonchev–Trinajstić information content (AvgIpc) is 3.92. The summed E-state index contributed by atoms with van der Waals surface area (Å²) in [6.07, 6.45) is 14.2. The summed E-state index contributed by atoms with van der Waals surface area (Å²) in [4.78, 5) is 39.7. The Morgan fingerprint density at radius 2 is 1.87 bits per heavy atom. The molecular formula is C40H38F4N8O2. The van der Waals surface area contributed by atoms with E-state index in [-0.39, 0.29) is 40.4 Å². The van der Waals surface area contributed by atoms with Gasteiger partial charge in [0.25, 0.3) is 0 Å². The lowest BCUT2D eigenvalue weighted by molar-refractivity contribution is -0.124. The van der Waals surface area contributed by atoms with Crippen LogP contribution >= 0.6 is 0 Å². The van der Waals surface area contributed by atoms with Crippen LogP contribution in [0.3, 0.4) is 0 Å². The van der Waals surface area contributed by atoms with Gasteiger partial charge in [-0.1, -0.05) is 30.2 Å². The zero-order chi connectivity index (χ0) is 38.1. The predicted octanol–water partition coefficient (Wildman–Crippen LogP) is 6.29. The molecule has 3 aromatic heterocycles. The smallest absolute Gasteiger partial charge is 0.318 e. The molecule has 0 radical (unpaired) electrons. The summed E-state index contributed by atoms with van der Waals surface area (Å²) in [6.45, 7) is 4.27. The van der Waals surface area contributed by atoms with Crippen LogP contribution in [0.25, 0.3) is 39.0 Å². The van der Waals surface area contributed by atoms with Gasteiger partial charge < -0.3 is 14.5 Å². The molecule has 0 bridgehead atoms. The number of halogens is 4. The quantitative estimate of drug-likeness (QED) is 0.113. The van der Waals surface area contributed by atoms with E-state index in [2.05, 4.69) is 35.7 Å². The molecule has 0 saturated carbocycles. The third-order valence-electron chi connectivity index (χ3n) is 10.3. The van der Waals surface area contributed by atoms with Crippen molar-refractivity contribution >= 4 is 39.5 Å². The highest BCUT2D eigenvalue weighted by atomic mass is 19.1. The van der Waals surface area contributed by atoms with Crippen LogP contribution < -0.4 is 9.64 Å². The number of terminal acetylenes is 1. The van der Waals surface area contributed by atoms with Gasteiger partial charge in [-0.25, -0.2) is 27.5 Å². The number of likely N-dealkylation sites (tertiary alicyclic amines) is 1. The molecule has 2 aromatic carbocycles. The van der Waals surface area contributed by atoms with Crippen molar-refractivity contribution in [1.82, 2.24) is 34.7 Å². The molecule has 0 spiro atoms. The van der Waals surface area contributed by atoms with Crippen molar-refractivity contribution in [2.45, 2.75) is 50.9 Å². The van der Waals surface area contributed by atoms with Crippen molar-refractivity contribution in [2.24, 2.45) is 0 Å². The summed E-state index contributed by atoms with van der Waals surface area (Å²) in [5.41, 5.74) is 0.269. The molecule has 3 saturated heterocycles. The summed E-state index contributed by atoms with van der Waals surface area (Å²) in [7, 11) is 3.16. The molecule has 54 heavy (non-hydrogen) atoms. The van der Waals surface area contributed by atoms with Gasteiger partial charge in [-0.3, -0.25) is 14.7 Å². The maximum absolute atomic E-state index is 16.3. The number of benzene rings is 2. The van der Waals surface area contributed by atoms with Crippen LogP contribution in [0, 0.1) is 36.7 Å². The fraction of sp³-hybridized carbons (Fsp3) is 0.350. The van der Waals surface area contributed by atoms with Gasteiger partial charge in [0.05, 0.1) is 24.3 Å². The largest absolute Gasteiger partial charge is 0.467 e. The summed E-state index contributed by atoms with van der Waals surface area (Å²) in [5.74, 6) is 0.856. The van der Waals surface area contributed by atoms with Crippen molar-refractivity contribution in [3.63, 3.8) is 0 Å². The molecule has 8 rings (SSSR count). The summed E-state index contributed by atoms with van der Waals surface area (Å²) >= 11 is 0. The number of hydrogen-bond acceptors (Lipinski definition) is 9. The van der Waals surface area contributed by atoms with E-state index >= 15 is 4.39 Å². The van der Waals surface area contributed by atoms with E-state index in [0.29, 0.717) is 65.5 Å². The molecule has 5 aromatic rings. The Kier molecular flexibility index (Phi) is 10.4. The van der Waals surface area contributed by atoms with Crippen LogP contribution in [0.5, 0.6) is 6.01 Å². The molecular weight excluding hydrogens is 700 g/mol. The lowest BCUT2D eigenvalue weighted by Gasteiger charge is -2.27. The fourth-order valence-corrected chi connectivity index (χ4v) is 7.56. The topological polar surface area (TPSA) is 100 Å². The van der Waals surface area contributed by atoms with Crippen molar-refractivity contribution in [2.75, 3.05) is 45.2 Å². The number of amides is 1. The van der Waals surface area contributed by atoms with Gasteiger partial charge in [-0.2, -0.15) is 9.97 Å². The van der Waals surface area contributed by atoms with E-state index in [1.54, 1.807) is 43.1 Å². The van der Waals surface area contributed by atoms with Crippen LogP contribution in [0.4, 0.5) is 23.4 Å². The second-order valence-corrected chi connectivity index (χ2v) is 13.6. The molecule has 6 heterocycles. The first-order chi connectivity index (χ1) is 26.1. The standard InChI is InChI=1S/C33H26F3N7O2.C7H12FN/c1-5-21-24(34)10-9-19-7-6-8-22(28(19)21)30-29(36)31-23(15-38-30)32(41-33(40-31)45-4)42(3)20-13-14-43(17-20)27(44)12-11-26-25(35)16-37-18(2)39-26;8-6-4-7-2-1-3-9(7)5-6/h1,6-12,15-16,20H,13-14,17H2,2-4H3;6-7H,1-5H2/b12-11+;. The van der Waals surface area contributed by atoms with Gasteiger partial charge in [0.15, 0.2) is 11.6 Å². The monoisotopic (exact) mass is 738 g/mol. The Balaban J connectivity index is 0.000000433. The van der Waals surface area contributed by atoms with Crippen LogP contribution in [-0.4, -0.2) is 99.2 Å². The summed E-state index contributed by atoms with van der Waals surface area (Å²) < 4.78 is 62.9. The first-order valence-electron chi connectivity index (χ1n) is 17.7. The van der Waals surface area contributed by atoms with E-state index < -0.39 is 23.6 Å². The van der Waals surface area contributed by atoms with E-state index in [1.807, 2.05) is 4.90 Å². The minimum Gasteiger partial charge on any atom is -0.467 e. The van der Waals surface area contributed by atoms with Crippen molar-refractivity contribution in [3.05, 3.63) is 83.3 Å². The lowest BCUT2D eigenvalue weighted by atomic mass is 9.96. The molecule has 3 atom stereocenters. The van der Waals surface area contributed by atoms with E-state index in [1.165, 1.54) is 44.4 Å². The molecule has 10 nitrogen and oxygen atoms in total. The summed E-state index contributed by atoms with van der Waals surface area (Å²) in [6, 6.07) is 8.32. The number of aryl methyl sites for hydroxylation is 1. The number of likely N-dealkylation sites (N-methyl/N-ethyl adjacent to an activating group) is 1. The Hall–Kier alpha value is -5.68. The number of alkyl halides is 1. The van der Waals surface area contributed by atoms with Crippen molar-refractivity contribution in [1.29, 1.82) is 0 Å². The van der Waals surface area contributed by atoms with Crippen LogP contribution in [0.1, 0.15) is 42.8 Å². The molecule has 1 amide bonds. The Bertz CT molecular complexity index is 2300. The Labute approximate surface area is 309 Å². The second kappa shape index (κ2) is 15.4. The molecule has 3 aliphatic heterocycles. The number of carbonyl (C=O) groups excluding carboxylic acids is 1. The number of aromatic nitrogens is 5. The number of fused-ring (bicyclic) bond motifs is 3. The normalized spacial score (nSPS) is 19.6. The first-order valence-corrected chi connectivity index (χ1v) is 17.7. The number of anilines is 1. The van der Waals surface area contributed by atoms with E-state index in [9.17, 15) is 18.0 Å². The van der Waals surface area contributed by atoms with Gasteiger partial charge in [-0.05, 0) is 56.7 Å². The maximum Gasteiger partial charge on any atom is 0.318 e. The second-order valence-electron chi connectivity index (χ2n) is 13.6. The number of carbonyl (C=O) groups is 1. The third kappa shape index (κ3) is 7.15. The number of rotatable bonds is 6. The predicted molar refractivity (Wildman–Crippen MR) is 198 cm³/mol. The van der Waals surface area contributed by atoms with Gasteiger partial charge in [0.1, 0.15) is 40.5 Å². The molecule has 3 fully saturated rings. The number of methoxy groups -OCH3 is 1. The van der Waals surface area contributed by atoms with Crippen LogP contribution in [0.2, 0.25) is 0 Å². The van der Waals surface area contributed by atoms with Crippen molar-refractivity contribution in [3.8, 4) is 29.6 Å². The molecule has 3 aliphatic rings. The van der Waals surface area contributed by atoms with E-state index in [0.717, 1.165) is 19.2 Å². The first kappa shape index (κ1) is 36.7. The molecule has 278 valence electrons. The molecule has 3 unspecified atom stereocenters. The van der Waals surface area contributed by atoms with Gasteiger partial charge in [0, 0.05) is 62.0 Å². The molecule has 14 heteroatoms. The van der Waals surface area contributed by atoms with Gasteiger partial charge in [0.2, 0.25) is 5.91 Å². The summed E-state index contributed by atoms with van der Waals surface area (Å²) in [5, 5.41) is 1.32. The van der Waals surface area contributed by atoms with E-state index in [4.69, 9.17) is 11.2 Å². The fourth-order valence-electron chi connectivity index (χ4n) is 7.56. The number of pyridine rings is 1. The minimum atomic E-state index is -0.747. The third-order valence-corrected chi connectivity index (χ3v) is 10.3. The maximum atomic E-state index is 16.3. The number of nitrogens with zero attached hydrogens (tertiary/aromatic N) is 8. The SMILES string of the molecule is C#Cc1c(F)ccc2cccc(-c3ncc4c(N(C)C5CCN(C(=O)/C=C/c6nc(C)ncc6F)C5)nc(OC)nc4c3F)c12.FC1CC2CCCN2C1. The Morgan fingerprint density at radius 1 is 1.04 bits per heavy atom. The van der Waals surface area contributed by atoms with Crippen LogP contribution in [-0.2, 0) is 4.79 Å². The lowest BCUT2D eigenvalue weighted by Crippen LogP contribution is -2.36. The van der Waals surface area contributed by atoms with Gasteiger partial charge >= 0.3 is 6.01 Å². The highest BCUT2D eigenvalue weighted by molar-refractivity contribution is 6.02. The highest BCUT2D eigenvalue weighted by Gasteiger charge is 2.35. The van der Waals surface area contributed by atoms with Gasteiger partial charge in [-0.15, -0.1) is 6.42 Å². The molecule has 0 aliphatic carbocycles.